The van der Waals surface area contributed by atoms with Crippen LogP contribution in [-0.2, 0) is 11.3 Å². The van der Waals surface area contributed by atoms with Gasteiger partial charge in [0, 0.05) is 37.8 Å². The number of hydrogen-bond acceptors (Lipinski definition) is 6. The van der Waals surface area contributed by atoms with Crippen LogP contribution in [0.25, 0.3) is 0 Å². The fraction of sp³-hybridized carbons (Fsp3) is 0.696. The zero-order valence-electron chi connectivity index (χ0n) is 19.9. The Balaban J connectivity index is 1.98. The Bertz CT molecular complexity index is 775. The van der Waals surface area contributed by atoms with Crippen molar-refractivity contribution < 1.29 is 14.5 Å². The molecule has 0 bridgehead atoms. The number of nitro benzene ring substituents is 1. The molecule has 0 radical (unpaired) electrons. The molecular weight excluding hydrogens is 396 g/mol. The van der Waals surface area contributed by atoms with Crippen molar-refractivity contribution in [1.82, 2.24) is 10.2 Å². The van der Waals surface area contributed by atoms with Gasteiger partial charge >= 0.3 is 6.09 Å². The van der Waals surface area contributed by atoms with Crippen molar-refractivity contribution in [2.45, 2.75) is 85.5 Å². The van der Waals surface area contributed by atoms with E-state index in [0.717, 1.165) is 5.56 Å². The highest BCUT2D eigenvalue weighted by atomic mass is 16.6. The quantitative estimate of drug-likeness (QED) is 0.487. The van der Waals surface area contributed by atoms with Gasteiger partial charge < -0.3 is 20.3 Å². The number of benzene rings is 1. The van der Waals surface area contributed by atoms with Crippen LogP contribution in [0.3, 0.4) is 0 Å². The second-order valence-electron chi connectivity index (χ2n) is 10.5. The molecule has 1 atom stereocenters. The minimum atomic E-state index is -0.520. The van der Waals surface area contributed by atoms with E-state index in [4.69, 9.17) is 4.74 Å². The summed E-state index contributed by atoms with van der Waals surface area (Å²) in [5, 5.41) is 18.4. The zero-order chi connectivity index (χ0) is 23.4. The topological polar surface area (TPSA) is 96.7 Å². The highest BCUT2D eigenvalue weighted by Gasteiger charge is 2.28. The van der Waals surface area contributed by atoms with Crippen LogP contribution in [-0.4, -0.2) is 46.7 Å². The lowest BCUT2D eigenvalue weighted by Crippen LogP contribution is -2.44. The van der Waals surface area contributed by atoms with Crippen LogP contribution in [0.5, 0.6) is 0 Å². The second-order valence-corrected chi connectivity index (χ2v) is 10.5. The van der Waals surface area contributed by atoms with Crippen molar-refractivity contribution in [3.63, 3.8) is 0 Å². The molecule has 2 rings (SSSR count). The van der Waals surface area contributed by atoms with E-state index in [1.807, 2.05) is 26.8 Å². The van der Waals surface area contributed by atoms with Crippen molar-refractivity contribution in [1.29, 1.82) is 0 Å². The Morgan fingerprint density at radius 2 is 1.84 bits per heavy atom. The van der Waals surface area contributed by atoms with Gasteiger partial charge in [0.05, 0.1) is 4.92 Å². The maximum Gasteiger partial charge on any atom is 0.410 e. The van der Waals surface area contributed by atoms with Crippen molar-refractivity contribution in [3.8, 4) is 0 Å². The Kier molecular flexibility index (Phi) is 7.92. The first-order valence-corrected chi connectivity index (χ1v) is 11.0. The fourth-order valence-electron chi connectivity index (χ4n) is 3.29. The predicted molar refractivity (Wildman–Crippen MR) is 123 cm³/mol. The molecule has 31 heavy (non-hydrogen) atoms. The van der Waals surface area contributed by atoms with Crippen molar-refractivity contribution in [3.05, 3.63) is 33.9 Å². The summed E-state index contributed by atoms with van der Waals surface area (Å²) in [6, 6.07) is 5.70. The molecule has 1 unspecified atom stereocenters. The van der Waals surface area contributed by atoms with Crippen LogP contribution in [0.15, 0.2) is 18.2 Å². The molecule has 0 aliphatic carbocycles. The minimum absolute atomic E-state index is 0.0716. The summed E-state index contributed by atoms with van der Waals surface area (Å²) < 4.78 is 5.43. The van der Waals surface area contributed by atoms with Crippen molar-refractivity contribution in [2.24, 2.45) is 5.41 Å². The average molecular weight is 435 g/mol. The maximum atomic E-state index is 12.2. The number of nitrogens with zero attached hydrogens (tertiary/aromatic N) is 2. The van der Waals surface area contributed by atoms with E-state index in [0.29, 0.717) is 38.2 Å². The van der Waals surface area contributed by atoms with Gasteiger partial charge in [0.1, 0.15) is 11.3 Å². The summed E-state index contributed by atoms with van der Waals surface area (Å²) in [7, 11) is 0. The van der Waals surface area contributed by atoms with E-state index in [2.05, 4.69) is 38.3 Å². The number of nitrogens with one attached hydrogen (secondary N) is 2. The van der Waals surface area contributed by atoms with Gasteiger partial charge in [0.2, 0.25) is 0 Å². The van der Waals surface area contributed by atoms with E-state index >= 15 is 0 Å². The molecule has 8 heteroatoms. The number of carbonyl (C=O) groups excluding carboxylic acids is 1. The number of likely N-dealkylation sites (tertiary alicyclic amines) is 1. The number of rotatable bonds is 6. The molecule has 1 aliphatic rings. The number of hydrogen-bond donors (Lipinski definition) is 2. The largest absolute Gasteiger partial charge is 0.444 e. The molecule has 1 aliphatic heterocycles. The molecule has 0 saturated carbocycles. The predicted octanol–water partition coefficient (Wildman–Crippen LogP) is 4.93. The third-order valence-electron chi connectivity index (χ3n) is 5.68. The molecule has 0 aromatic heterocycles. The van der Waals surface area contributed by atoms with Gasteiger partial charge in [-0.3, -0.25) is 10.1 Å². The van der Waals surface area contributed by atoms with Gasteiger partial charge in [-0.05, 0) is 57.6 Å². The average Bonchev–Trinajstić information content (AvgIpc) is 2.65. The Morgan fingerprint density at radius 1 is 1.23 bits per heavy atom. The molecule has 0 spiro atoms. The molecular formula is C23H38N4O4. The summed E-state index contributed by atoms with van der Waals surface area (Å²) in [4.78, 5) is 25.2. The summed E-state index contributed by atoms with van der Waals surface area (Å²) >= 11 is 0. The molecule has 1 aromatic carbocycles. The lowest BCUT2D eigenvalue weighted by atomic mass is 9.88. The smallest absolute Gasteiger partial charge is 0.410 e. The number of anilines is 1. The van der Waals surface area contributed by atoms with Gasteiger partial charge in [-0.1, -0.05) is 26.8 Å². The van der Waals surface area contributed by atoms with E-state index in [1.54, 1.807) is 17.0 Å². The van der Waals surface area contributed by atoms with Gasteiger partial charge in [0.25, 0.3) is 5.69 Å². The SMILES string of the molecule is CC(NCc1ccc(NC2CCN(C(=O)OC(C)(C)C)CC2)c([N+](=O)[O-])c1)C(C)(C)C. The van der Waals surface area contributed by atoms with Crippen LogP contribution in [0, 0.1) is 15.5 Å². The number of nitro groups is 1. The van der Waals surface area contributed by atoms with Crippen LogP contribution < -0.4 is 10.6 Å². The zero-order valence-corrected chi connectivity index (χ0v) is 19.9. The first-order valence-electron chi connectivity index (χ1n) is 11.0. The molecule has 2 N–H and O–H groups in total. The summed E-state index contributed by atoms with van der Waals surface area (Å²) in [5.74, 6) is 0. The molecule has 1 aromatic rings. The van der Waals surface area contributed by atoms with Crippen molar-refractivity contribution in [2.75, 3.05) is 18.4 Å². The normalized spacial score (nSPS) is 16.7. The Morgan fingerprint density at radius 3 is 2.35 bits per heavy atom. The minimum Gasteiger partial charge on any atom is -0.444 e. The lowest BCUT2D eigenvalue weighted by molar-refractivity contribution is -0.384. The van der Waals surface area contributed by atoms with Crippen molar-refractivity contribution >= 4 is 17.5 Å². The van der Waals surface area contributed by atoms with Crippen LogP contribution in [0.1, 0.15) is 66.9 Å². The number of ether oxygens (including phenoxy) is 1. The lowest BCUT2D eigenvalue weighted by Gasteiger charge is -2.34. The monoisotopic (exact) mass is 434 g/mol. The summed E-state index contributed by atoms with van der Waals surface area (Å²) in [6.45, 7) is 15.8. The Labute approximate surface area is 185 Å². The fourth-order valence-corrected chi connectivity index (χ4v) is 3.29. The Hall–Kier alpha value is -2.35. The van der Waals surface area contributed by atoms with Crippen LogP contribution in [0.4, 0.5) is 16.2 Å². The van der Waals surface area contributed by atoms with Crippen LogP contribution >= 0.6 is 0 Å². The van der Waals surface area contributed by atoms with E-state index in [-0.39, 0.29) is 34.2 Å². The third-order valence-corrected chi connectivity index (χ3v) is 5.68. The molecule has 174 valence electrons. The number of carbonyl (C=O) groups is 1. The first-order chi connectivity index (χ1) is 14.3. The summed E-state index contributed by atoms with van der Waals surface area (Å²) in [5.41, 5.74) is 1.08. The van der Waals surface area contributed by atoms with E-state index in [9.17, 15) is 14.9 Å². The maximum absolute atomic E-state index is 12.2. The molecule has 1 amide bonds. The molecule has 1 saturated heterocycles. The summed E-state index contributed by atoms with van der Waals surface area (Å²) in [6.07, 6.45) is 1.12. The van der Waals surface area contributed by atoms with Crippen LogP contribution in [0.2, 0.25) is 0 Å². The van der Waals surface area contributed by atoms with Gasteiger partial charge in [0.15, 0.2) is 0 Å². The number of amides is 1. The van der Waals surface area contributed by atoms with E-state index < -0.39 is 5.60 Å². The van der Waals surface area contributed by atoms with Gasteiger partial charge in [-0.2, -0.15) is 0 Å². The highest BCUT2D eigenvalue weighted by molar-refractivity contribution is 5.68. The first kappa shape index (κ1) is 24.9. The second kappa shape index (κ2) is 9.85. The third kappa shape index (κ3) is 7.69. The molecule has 1 fully saturated rings. The number of piperidine rings is 1. The molecule has 1 heterocycles. The van der Waals surface area contributed by atoms with Gasteiger partial charge in [-0.25, -0.2) is 4.79 Å². The standard InChI is InChI=1S/C23H38N4O4/c1-16(22(2,3)4)24-15-17-8-9-19(20(14-17)27(29)30)25-18-10-12-26(13-11-18)21(28)31-23(5,6)7/h8-9,14,16,18,24-25H,10-13,15H2,1-7H3. The van der Waals surface area contributed by atoms with E-state index in [1.165, 1.54) is 0 Å². The molecule has 8 nitrogen and oxygen atoms in total. The highest BCUT2D eigenvalue weighted by Crippen LogP contribution is 2.29. The van der Waals surface area contributed by atoms with Gasteiger partial charge in [-0.15, -0.1) is 0 Å².